The largest absolute Gasteiger partial charge is 0.497 e. The summed E-state index contributed by atoms with van der Waals surface area (Å²) in [7, 11) is 1.62. The van der Waals surface area contributed by atoms with Crippen LogP contribution in [-0.2, 0) is 17.8 Å². The molecule has 6 heteroatoms. The molecule has 1 N–H and O–H groups in total. The Bertz CT molecular complexity index is 1140. The Kier molecular flexibility index (Phi) is 5.24. The second kappa shape index (κ2) is 8.14. The van der Waals surface area contributed by atoms with E-state index >= 15 is 0 Å². The molecule has 0 saturated heterocycles. The van der Waals surface area contributed by atoms with Gasteiger partial charge in [0.1, 0.15) is 11.6 Å². The average Bonchev–Trinajstić information content (AvgIpc) is 3.06. The van der Waals surface area contributed by atoms with Crippen molar-refractivity contribution in [3.8, 4) is 5.75 Å². The van der Waals surface area contributed by atoms with Gasteiger partial charge in [0.25, 0.3) is 0 Å². The van der Waals surface area contributed by atoms with Gasteiger partial charge in [0.2, 0.25) is 5.91 Å². The van der Waals surface area contributed by atoms with Crippen LogP contribution >= 0.6 is 0 Å². The van der Waals surface area contributed by atoms with Crippen LogP contribution in [0.5, 0.6) is 5.75 Å². The lowest BCUT2D eigenvalue weighted by atomic mass is 10.1. The van der Waals surface area contributed by atoms with Gasteiger partial charge in [-0.3, -0.25) is 9.78 Å². The highest BCUT2D eigenvalue weighted by molar-refractivity contribution is 5.96. The Balaban J connectivity index is 1.64. The summed E-state index contributed by atoms with van der Waals surface area (Å²) >= 11 is 0. The predicted molar refractivity (Wildman–Crippen MR) is 111 cm³/mol. The van der Waals surface area contributed by atoms with E-state index < -0.39 is 0 Å². The van der Waals surface area contributed by atoms with E-state index in [0.717, 1.165) is 27.8 Å². The van der Waals surface area contributed by atoms with Crippen LogP contribution < -0.4 is 10.1 Å². The van der Waals surface area contributed by atoms with Gasteiger partial charge in [0, 0.05) is 42.3 Å². The Hall–Kier alpha value is -3.67. The maximum absolute atomic E-state index is 13.2. The molecule has 29 heavy (non-hydrogen) atoms. The van der Waals surface area contributed by atoms with E-state index in [4.69, 9.17) is 4.74 Å². The fourth-order valence-corrected chi connectivity index (χ4v) is 3.35. The lowest BCUT2D eigenvalue weighted by Crippen LogP contribution is -2.14. The minimum absolute atomic E-state index is 0.104. The van der Waals surface area contributed by atoms with Crippen molar-refractivity contribution in [2.45, 2.75) is 13.0 Å². The number of aromatic nitrogens is 2. The topological polar surface area (TPSA) is 56.1 Å². The lowest BCUT2D eigenvalue weighted by Gasteiger charge is -2.07. The molecule has 5 nitrogen and oxygen atoms in total. The summed E-state index contributed by atoms with van der Waals surface area (Å²) in [6.45, 7) is 0.565. The van der Waals surface area contributed by atoms with Gasteiger partial charge < -0.3 is 14.6 Å². The number of nitrogens with one attached hydrogen (secondary N) is 1. The van der Waals surface area contributed by atoms with E-state index in [1.54, 1.807) is 43.8 Å². The third-order valence-corrected chi connectivity index (χ3v) is 4.75. The van der Waals surface area contributed by atoms with Gasteiger partial charge in [-0.25, -0.2) is 4.39 Å². The third kappa shape index (κ3) is 4.27. The number of rotatable bonds is 6. The van der Waals surface area contributed by atoms with Gasteiger partial charge in [-0.05, 0) is 47.5 Å². The van der Waals surface area contributed by atoms with Crippen molar-refractivity contribution in [2.24, 2.45) is 0 Å². The maximum Gasteiger partial charge on any atom is 0.228 e. The molecule has 0 aliphatic rings. The fourth-order valence-electron chi connectivity index (χ4n) is 3.35. The van der Waals surface area contributed by atoms with E-state index in [1.165, 1.54) is 12.1 Å². The molecule has 0 radical (unpaired) electrons. The zero-order valence-electron chi connectivity index (χ0n) is 15.9. The molecule has 0 fully saturated rings. The van der Waals surface area contributed by atoms with Gasteiger partial charge in [-0.2, -0.15) is 0 Å². The molecule has 146 valence electrons. The van der Waals surface area contributed by atoms with Gasteiger partial charge >= 0.3 is 0 Å². The highest BCUT2D eigenvalue weighted by Gasteiger charge is 2.14. The second-order valence-corrected chi connectivity index (χ2v) is 6.75. The first-order valence-electron chi connectivity index (χ1n) is 9.22. The van der Waals surface area contributed by atoms with Crippen LogP contribution in [0.25, 0.3) is 10.9 Å². The van der Waals surface area contributed by atoms with Crippen molar-refractivity contribution < 1.29 is 13.9 Å². The number of ether oxygens (including phenoxy) is 1. The molecule has 0 atom stereocenters. The van der Waals surface area contributed by atoms with E-state index in [0.29, 0.717) is 12.2 Å². The number of amides is 1. The highest BCUT2D eigenvalue weighted by Crippen LogP contribution is 2.27. The number of halogens is 1. The molecule has 0 spiro atoms. The number of fused-ring (bicyclic) bond motifs is 1. The minimum Gasteiger partial charge on any atom is -0.497 e. The van der Waals surface area contributed by atoms with Crippen LogP contribution in [0.1, 0.15) is 11.1 Å². The quantitative estimate of drug-likeness (QED) is 0.531. The fraction of sp³-hybridized carbons (Fsp3) is 0.130. The Morgan fingerprint density at radius 1 is 1.10 bits per heavy atom. The summed E-state index contributed by atoms with van der Waals surface area (Å²) in [5.41, 5.74) is 3.55. The third-order valence-electron chi connectivity index (χ3n) is 4.75. The van der Waals surface area contributed by atoms with Crippen molar-refractivity contribution in [1.29, 1.82) is 0 Å². The molecule has 4 aromatic rings. The van der Waals surface area contributed by atoms with Crippen molar-refractivity contribution in [3.63, 3.8) is 0 Å². The predicted octanol–water partition coefficient (Wildman–Crippen LogP) is 4.41. The van der Waals surface area contributed by atoms with E-state index in [9.17, 15) is 9.18 Å². The molecule has 0 aliphatic carbocycles. The molecular weight excluding hydrogens is 369 g/mol. The number of nitrogens with zero attached hydrogens (tertiary/aromatic N) is 2. The van der Waals surface area contributed by atoms with Crippen LogP contribution in [0.3, 0.4) is 0 Å². The van der Waals surface area contributed by atoms with Gasteiger partial charge in [0.05, 0.1) is 19.0 Å². The van der Waals surface area contributed by atoms with Gasteiger partial charge in [0.15, 0.2) is 0 Å². The Morgan fingerprint density at radius 2 is 1.86 bits per heavy atom. The number of hydrogen-bond acceptors (Lipinski definition) is 3. The number of methoxy groups -OCH3 is 1. The standard InChI is InChI=1S/C23H20FN3O2/c1-29-20-6-7-21-17(12-23(28)26-19-8-10-25-11-9-19)15-27(22(21)13-20)14-16-2-4-18(24)5-3-16/h2-11,13,15H,12,14H2,1H3,(H,25,26,28). The molecule has 0 aliphatic heterocycles. The van der Waals surface area contributed by atoms with Crippen molar-refractivity contribution in [2.75, 3.05) is 12.4 Å². The maximum atomic E-state index is 13.2. The van der Waals surface area contributed by atoms with Gasteiger partial charge in [-0.15, -0.1) is 0 Å². The van der Waals surface area contributed by atoms with Crippen LogP contribution in [-0.4, -0.2) is 22.6 Å². The monoisotopic (exact) mass is 389 g/mol. The molecule has 1 amide bonds. The summed E-state index contributed by atoms with van der Waals surface area (Å²) in [5.74, 6) is 0.373. The van der Waals surface area contributed by atoms with E-state index in [2.05, 4.69) is 14.9 Å². The van der Waals surface area contributed by atoms with Crippen LogP contribution in [0.2, 0.25) is 0 Å². The number of benzene rings is 2. The summed E-state index contributed by atoms with van der Waals surface area (Å²) in [6.07, 6.45) is 5.48. The number of hydrogen-bond donors (Lipinski definition) is 1. The molecule has 4 rings (SSSR count). The average molecular weight is 389 g/mol. The van der Waals surface area contributed by atoms with Crippen LogP contribution in [0.4, 0.5) is 10.1 Å². The zero-order chi connectivity index (χ0) is 20.2. The van der Waals surface area contributed by atoms with Crippen molar-refractivity contribution in [1.82, 2.24) is 9.55 Å². The number of pyridine rings is 1. The summed E-state index contributed by atoms with van der Waals surface area (Å²) in [5, 5.41) is 3.87. The summed E-state index contributed by atoms with van der Waals surface area (Å²) in [6, 6.07) is 15.7. The molecule has 0 saturated carbocycles. The minimum atomic E-state index is -0.263. The van der Waals surface area contributed by atoms with Crippen LogP contribution in [0, 0.1) is 5.82 Å². The first-order valence-corrected chi connectivity index (χ1v) is 9.22. The van der Waals surface area contributed by atoms with E-state index in [1.807, 2.05) is 24.4 Å². The number of anilines is 1. The number of carbonyl (C=O) groups is 1. The molecule has 2 heterocycles. The van der Waals surface area contributed by atoms with E-state index in [-0.39, 0.29) is 18.1 Å². The highest BCUT2D eigenvalue weighted by atomic mass is 19.1. The molecule has 0 unspecified atom stereocenters. The first kappa shape index (κ1) is 18.7. The summed E-state index contributed by atoms with van der Waals surface area (Å²) in [4.78, 5) is 16.5. The van der Waals surface area contributed by atoms with Crippen molar-refractivity contribution in [3.05, 3.63) is 90.1 Å². The number of carbonyl (C=O) groups excluding carboxylic acids is 1. The smallest absolute Gasteiger partial charge is 0.228 e. The van der Waals surface area contributed by atoms with Gasteiger partial charge in [-0.1, -0.05) is 12.1 Å². The normalized spacial score (nSPS) is 10.8. The SMILES string of the molecule is COc1ccc2c(CC(=O)Nc3ccncc3)cn(Cc3ccc(F)cc3)c2c1. The molecule has 2 aromatic carbocycles. The molecular formula is C23H20FN3O2. The second-order valence-electron chi connectivity index (χ2n) is 6.75. The van der Waals surface area contributed by atoms with Crippen molar-refractivity contribution >= 4 is 22.5 Å². The Labute approximate surface area is 167 Å². The lowest BCUT2D eigenvalue weighted by molar-refractivity contribution is -0.115. The zero-order valence-corrected chi connectivity index (χ0v) is 15.9. The Morgan fingerprint density at radius 3 is 2.59 bits per heavy atom. The molecule has 2 aromatic heterocycles. The van der Waals surface area contributed by atoms with Crippen LogP contribution in [0.15, 0.2) is 73.2 Å². The summed E-state index contributed by atoms with van der Waals surface area (Å²) < 4.78 is 20.7. The molecule has 0 bridgehead atoms. The first-order chi connectivity index (χ1) is 14.1.